The molecule has 0 fully saturated rings. The minimum absolute atomic E-state index is 0.0907. The van der Waals surface area contributed by atoms with E-state index in [1.165, 1.54) is 12.1 Å². The highest BCUT2D eigenvalue weighted by atomic mass is 35.5. The molecule has 0 aromatic heterocycles. The zero-order valence-electron chi connectivity index (χ0n) is 18.8. The van der Waals surface area contributed by atoms with Crippen molar-refractivity contribution in [2.75, 3.05) is 17.5 Å². The Kier molecular flexibility index (Phi) is 8.00. The standard InChI is InChI=1S/C25H27ClN2O4S/c1-18-12-14-21(15-13-18)32-17-19(2)27-25(29)16-28(24-11-7-10-23(26)20(24)3)33(30,31)22-8-5-4-6-9-22/h4-15,19H,16-17H2,1-3H3,(H,27,29). The highest BCUT2D eigenvalue weighted by Gasteiger charge is 2.29. The van der Waals surface area contributed by atoms with Crippen molar-refractivity contribution in [2.24, 2.45) is 0 Å². The minimum atomic E-state index is -4.00. The van der Waals surface area contributed by atoms with Crippen LogP contribution in [0.5, 0.6) is 5.75 Å². The zero-order valence-corrected chi connectivity index (χ0v) is 20.4. The molecule has 0 bridgehead atoms. The van der Waals surface area contributed by atoms with Gasteiger partial charge in [0.25, 0.3) is 10.0 Å². The highest BCUT2D eigenvalue weighted by molar-refractivity contribution is 7.92. The van der Waals surface area contributed by atoms with Crippen molar-refractivity contribution in [1.29, 1.82) is 0 Å². The average Bonchev–Trinajstić information content (AvgIpc) is 2.79. The first kappa shape index (κ1) is 24.6. The van der Waals surface area contributed by atoms with Crippen molar-refractivity contribution < 1.29 is 17.9 Å². The molecule has 0 saturated carbocycles. The third-order valence-corrected chi connectivity index (χ3v) is 7.24. The second-order valence-corrected chi connectivity index (χ2v) is 10.1. The van der Waals surface area contributed by atoms with Crippen LogP contribution in [0.15, 0.2) is 77.7 Å². The van der Waals surface area contributed by atoms with Gasteiger partial charge in [-0.15, -0.1) is 0 Å². The summed E-state index contributed by atoms with van der Waals surface area (Å²) in [5.74, 6) is 0.249. The SMILES string of the molecule is Cc1ccc(OCC(C)NC(=O)CN(c2cccc(Cl)c2C)S(=O)(=O)c2ccccc2)cc1. The van der Waals surface area contributed by atoms with E-state index in [1.54, 1.807) is 50.2 Å². The number of nitrogens with one attached hydrogen (secondary N) is 1. The fraction of sp³-hybridized carbons (Fsp3) is 0.240. The first-order valence-electron chi connectivity index (χ1n) is 10.5. The number of hydrogen-bond acceptors (Lipinski definition) is 4. The van der Waals surface area contributed by atoms with Gasteiger partial charge in [0.1, 0.15) is 18.9 Å². The summed E-state index contributed by atoms with van der Waals surface area (Å²) in [7, 11) is -4.00. The Morgan fingerprint density at radius 3 is 2.33 bits per heavy atom. The van der Waals surface area contributed by atoms with Crippen LogP contribution in [0.3, 0.4) is 0 Å². The van der Waals surface area contributed by atoms with Gasteiger partial charge in [0.2, 0.25) is 5.91 Å². The number of carbonyl (C=O) groups excluding carboxylic acids is 1. The molecule has 1 N–H and O–H groups in total. The number of rotatable bonds is 9. The highest BCUT2D eigenvalue weighted by Crippen LogP contribution is 2.30. The van der Waals surface area contributed by atoms with Crippen LogP contribution in [0, 0.1) is 13.8 Å². The largest absolute Gasteiger partial charge is 0.491 e. The lowest BCUT2D eigenvalue weighted by atomic mass is 10.2. The van der Waals surface area contributed by atoms with Crippen LogP contribution >= 0.6 is 11.6 Å². The van der Waals surface area contributed by atoms with E-state index in [1.807, 2.05) is 31.2 Å². The quantitative estimate of drug-likeness (QED) is 0.474. The molecule has 0 saturated heterocycles. The first-order chi connectivity index (χ1) is 15.7. The number of aryl methyl sites for hydroxylation is 1. The molecular formula is C25H27ClN2O4S. The van der Waals surface area contributed by atoms with Crippen LogP contribution in [0.2, 0.25) is 5.02 Å². The number of nitrogens with zero attached hydrogens (tertiary/aromatic N) is 1. The summed E-state index contributed by atoms with van der Waals surface area (Å²) in [6.07, 6.45) is 0. The summed E-state index contributed by atoms with van der Waals surface area (Å²) in [4.78, 5) is 13.0. The predicted octanol–water partition coefficient (Wildman–Crippen LogP) is 4.74. The Morgan fingerprint density at radius 1 is 1.00 bits per heavy atom. The molecule has 3 rings (SSSR count). The van der Waals surface area contributed by atoms with Crippen LogP contribution < -0.4 is 14.4 Å². The van der Waals surface area contributed by atoms with Crippen LogP contribution in [0.25, 0.3) is 0 Å². The topological polar surface area (TPSA) is 75.7 Å². The van der Waals surface area contributed by atoms with E-state index >= 15 is 0 Å². The fourth-order valence-corrected chi connectivity index (χ4v) is 4.90. The molecule has 0 heterocycles. The first-order valence-corrected chi connectivity index (χ1v) is 12.3. The van der Waals surface area contributed by atoms with Crippen LogP contribution in [-0.4, -0.2) is 33.5 Å². The van der Waals surface area contributed by atoms with Gasteiger partial charge in [-0.1, -0.05) is 53.6 Å². The van der Waals surface area contributed by atoms with Gasteiger partial charge in [0.15, 0.2) is 0 Å². The molecule has 8 heteroatoms. The minimum Gasteiger partial charge on any atom is -0.491 e. The van der Waals surface area contributed by atoms with Crippen LogP contribution in [-0.2, 0) is 14.8 Å². The molecule has 0 spiro atoms. The number of carbonyl (C=O) groups is 1. The number of anilines is 1. The predicted molar refractivity (Wildman–Crippen MR) is 131 cm³/mol. The number of halogens is 1. The van der Waals surface area contributed by atoms with E-state index < -0.39 is 22.5 Å². The molecule has 3 aromatic carbocycles. The second-order valence-electron chi connectivity index (χ2n) is 7.80. The Bertz CT molecular complexity index is 1200. The van der Waals surface area contributed by atoms with E-state index in [-0.39, 0.29) is 17.5 Å². The molecule has 1 atom stereocenters. The van der Waals surface area contributed by atoms with Crippen molar-refractivity contribution in [3.05, 3.63) is 88.9 Å². The normalized spacial score (nSPS) is 12.1. The third kappa shape index (κ3) is 6.27. The Morgan fingerprint density at radius 2 is 1.67 bits per heavy atom. The number of hydrogen-bond donors (Lipinski definition) is 1. The van der Waals surface area contributed by atoms with E-state index in [9.17, 15) is 13.2 Å². The molecule has 174 valence electrons. The average molecular weight is 487 g/mol. The van der Waals surface area contributed by atoms with E-state index in [2.05, 4.69) is 5.32 Å². The van der Waals surface area contributed by atoms with Gasteiger partial charge >= 0.3 is 0 Å². The maximum absolute atomic E-state index is 13.4. The molecule has 0 radical (unpaired) electrons. The smallest absolute Gasteiger partial charge is 0.264 e. The van der Waals surface area contributed by atoms with Crippen LogP contribution in [0.4, 0.5) is 5.69 Å². The monoisotopic (exact) mass is 486 g/mol. The van der Waals surface area contributed by atoms with E-state index in [0.717, 1.165) is 9.87 Å². The van der Waals surface area contributed by atoms with Gasteiger partial charge in [-0.3, -0.25) is 9.10 Å². The Balaban J connectivity index is 1.77. The van der Waals surface area contributed by atoms with Crippen molar-refractivity contribution in [1.82, 2.24) is 5.32 Å². The Hall–Kier alpha value is -3.03. The van der Waals surface area contributed by atoms with E-state index in [0.29, 0.717) is 22.0 Å². The summed E-state index contributed by atoms with van der Waals surface area (Å²) >= 11 is 6.25. The van der Waals surface area contributed by atoms with Crippen LogP contribution in [0.1, 0.15) is 18.1 Å². The van der Waals surface area contributed by atoms with Gasteiger partial charge in [-0.05, 0) is 62.7 Å². The maximum atomic E-state index is 13.4. The number of benzene rings is 3. The molecule has 3 aromatic rings. The maximum Gasteiger partial charge on any atom is 0.264 e. The number of ether oxygens (including phenoxy) is 1. The summed E-state index contributed by atoms with van der Waals surface area (Å²) in [5, 5.41) is 3.23. The van der Waals surface area contributed by atoms with Crippen molar-refractivity contribution in [3.63, 3.8) is 0 Å². The molecule has 0 aliphatic heterocycles. The van der Waals surface area contributed by atoms with Gasteiger partial charge in [-0.2, -0.15) is 0 Å². The fourth-order valence-electron chi connectivity index (χ4n) is 3.23. The summed E-state index contributed by atoms with van der Waals surface area (Å²) in [6, 6.07) is 20.3. The van der Waals surface area contributed by atoms with Gasteiger partial charge in [-0.25, -0.2) is 8.42 Å². The summed E-state index contributed by atoms with van der Waals surface area (Å²) in [6.45, 7) is 5.36. The van der Waals surface area contributed by atoms with Crippen molar-refractivity contribution in [2.45, 2.75) is 31.7 Å². The molecule has 33 heavy (non-hydrogen) atoms. The second kappa shape index (κ2) is 10.7. The van der Waals surface area contributed by atoms with Gasteiger partial charge < -0.3 is 10.1 Å². The molecule has 1 amide bonds. The van der Waals surface area contributed by atoms with Crippen molar-refractivity contribution >= 4 is 33.2 Å². The van der Waals surface area contributed by atoms with Gasteiger partial charge in [0.05, 0.1) is 16.6 Å². The molecule has 1 unspecified atom stereocenters. The summed E-state index contributed by atoms with van der Waals surface area (Å²) < 4.78 is 33.7. The lowest BCUT2D eigenvalue weighted by molar-refractivity contribution is -0.120. The van der Waals surface area contributed by atoms with E-state index in [4.69, 9.17) is 16.3 Å². The lowest BCUT2D eigenvalue weighted by Gasteiger charge is -2.26. The molecule has 6 nitrogen and oxygen atoms in total. The lowest BCUT2D eigenvalue weighted by Crippen LogP contribution is -2.45. The molecule has 0 aliphatic carbocycles. The number of amides is 1. The molecular weight excluding hydrogens is 460 g/mol. The third-order valence-electron chi connectivity index (χ3n) is 5.05. The summed E-state index contributed by atoms with van der Waals surface area (Å²) in [5.41, 5.74) is 2.05. The Labute approximate surface area is 200 Å². The zero-order chi connectivity index (χ0) is 24.0. The number of sulfonamides is 1. The molecule has 0 aliphatic rings. The van der Waals surface area contributed by atoms with Crippen molar-refractivity contribution in [3.8, 4) is 5.75 Å². The van der Waals surface area contributed by atoms with Gasteiger partial charge in [0, 0.05) is 5.02 Å².